The molecule has 1 aromatic carbocycles. The van der Waals surface area contributed by atoms with Gasteiger partial charge < -0.3 is 10.1 Å². The summed E-state index contributed by atoms with van der Waals surface area (Å²) in [5.74, 6) is 2.68. The smallest absolute Gasteiger partial charge is 0.252 e. The first-order chi connectivity index (χ1) is 11.8. The van der Waals surface area contributed by atoms with Gasteiger partial charge in [-0.2, -0.15) is 4.31 Å². The Morgan fingerprint density at radius 1 is 1.36 bits per heavy atom. The summed E-state index contributed by atoms with van der Waals surface area (Å²) < 4.78 is 33.0. The minimum absolute atomic E-state index is 0.00431. The predicted molar refractivity (Wildman–Crippen MR) is 95.9 cm³/mol. The molecule has 1 saturated heterocycles. The second-order valence-electron chi connectivity index (χ2n) is 6.52. The molecule has 0 unspecified atom stereocenters. The molecule has 6 nitrogen and oxygen atoms in total. The van der Waals surface area contributed by atoms with E-state index < -0.39 is 15.9 Å². The van der Waals surface area contributed by atoms with E-state index in [1.165, 1.54) is 29.6 Å². The van der Waals surface area contributed by atoms with Gasteiger partial charge in [-0.3, -0.25) is 4.79 Å². The number of terminal acetylenes is 1. The number of rotatable bonds is 5. The maximum Gasteiger partial charge on any atom is 0.252 e. The van der Waals surface area contributed by atoms with Crippen molar-refractivity contribution < 1.29 is 17.9 Å². The number of piperidine rings is 1. The summed E-state index contributed by atoms with van der Waals surface area (Å²) in [6.07, 6.45) is 6.13. The van der Waals surface area contributed by atoms with Crippen molar-refractivity contribution in [3.8, 4) is 18.1 Å². The molecule has 1 aromatic rings. The highest BCUT2D eigenvalue weighted by atomic mass is 32.2. The topological polar surface area (TPSA) is 75.7 Å². The second kappa shape index (κ2) is 7.89. The summed E-state index contributed by atoms with van der Waals surface area (Å²) in [6, 6.07) is 4.36. The average Bonchev–Trinajstić information content (AvgIpc) is 2.58. The average molecular weight is 364 g/mol. The minimum atomic E-state index is -3.76. The van der Waals surface area contributed by atoms with E-state index >= 15 is 0 Å². The molecule has 1 N–H and O–H groups in total. The highest BCUT2D eigenvalue weighted by Gasteiger charge is 2.34. The SMILES string of the molecule is C#CCNC(=O)c1ccc(OC)c(S(=O)(=O)N2C[C@H](C)C[C@@H](C)C2)c1. The van der Waals surface area contributed by atoms with Gasteiger partial charge in [-0.1, -0.05) is 19.8 Å². The van der Waals surface area contributed by atoms with Crippen molar-refractivity contribution in [2.45, 2.75) is 25.2 Å². The van der Waals surface area contributed by atoms with Crippen molar-refractivity contribution in [2.24, 2.45) is 11.8 Å². The molecule has 2 rings (SSSR count). The number of sulfonamides is 1. The van der Waals surface area contributed by atoms with Crippen molar-refractivity contribution >= 4 is 15.9 Å². The highest BCUT2D eigenvalue weighted by Crippen LogP contribution is 2.32. The highest BCUT2D eigenvalue weighted by molar-refractivity contribution is 7.89. The Morgan fingerprint density at radius 3 is 2.56 bits per heavy atom. The van der Waals surface area contributed by atoms with E-state index in [0.29, 0.717) is 13.1 Å². The molecule has 25 heavy (non-hydrogen) atoms. The van der Waals surface area contributed by atoms with Crippen LogP contribution < -0.4 is 10.1 Å². The number of nitrogens with zero attached hydrogens (tertiary/aromatic N) is 1. The molecule has 1 fully saturated rings. The molecule has 7 heteroatoms. The summed E-state index contributed by atoms with van der Waals surface area (Å²) in [7, 11) is -2.35. The summed E-state index contributed by atoms with van der Waals surface area (Å²) in [4.78, 5) is 12.1. The fourth-order valence-corrected chi connectivity index (χ4v) is 5.06. The van der Waals surface area contributed by atoms with E-state index in [1.807, 2.05) is 13.8 Å². The maximum absolute atomic E-state index is 13.1. The molecule has 1 aliphatic heterocycles. The number of amides is 1. The molecule has 1 aliphatic rings. The number of hydrogen-bond acceptors (Lipinski definition) is 4. The van der Waals surface area contributed by atoms with E-state index in [9.17, 15) is 13.2 Å². The van der Waals surface area contributed by atoms with Crippen LogP contribution >= 0.6 is 0 Å². The number of nitrogens with one attached hydrogen (secondary N) is 1. The van der Waals surface area contributed by atoms with E-state index in [2.05, 4.69) is 11.2 Å². The first-order valence-electron chi connectivity index (χ1n) is 8.19. The first kappa shape index (κ1) is 19.3. The van der Waals surface area contributed by atoms with E-state index in [0.717, 1.165) is 6.42 Å². The lowest BCUT2D eigenvalue weighted by Gasteiger charge is -2.34. The third kappa shape index (κ3) is 4.33. The zero-order valence-corrected chi connectivity index (χ0v) is 15.6. The molecule has 0 bridgehead atoms. The zero-order valence-electron chi connectivity index (χ0n) is 14.8. The standard InChI is InChI=1S/C18H24N2O4S/c1-5-8-19-18(21)15-6-7-16(24-4)17(10-15)25(22,23)20-11-13(2)9-14(3)12-20/h1,6-7,10,13-14H,8-9,11-12H2,2-4H3,(H,19,21)/t13-,14-/m1/s1. The molecule has 0 spiro atoms. The number of benzene rings is 1. The lowest BCUT2D eigenvalue weighted by Crippen LogP contribution is -2.42. The van der Waals surface area contributed by atoms with Crippen LogP contribution in [-0.2, 0) is 10.0 Å². The summed E-state index contributed by atoms with van der Waals surface area (Å²) in [5, 5.41) is 2.53. The Bertz CT molecular complexity index is 773. The molecular weight excluding hydrogens is 340 g/mol. The molecular formula is C18H24N2O4S. The van der Waals surface area contributed by atoms with E-state index in [1.54, 1.807) is 0 Å². The Labute approximate surface area is 149 Å². The van der Waals surface area contributed by atoms with E-state index in [-0.39, 0.29) is 34.6 Å². The summed E-state index contributed by atoms with van der Waals surface area (Å²) >= 11 is 0. The summed E-state index contributed by atoms with van der Waals surface area (Å²) in [5.41, 5.74) is 0.229. The summed E-state index contributed by atoms with van der Waals surface area (Å²) in [6.45, 7) is 5.08. The third-order valence-electron chi connectivity index (χ3n) is 4.23. The van der Waals surface area contributed by atoms with Crippen LogP contribution in [-0.4, -0.2) is 45.4 Å². The fraction of sp³-hybridized carbons (Fsp3) is 0.500. The quantitative estimate of drug-likeness (QED) is 0.808. The largest absolute Gasteiger partial charge is 0.495 e. The van der Waals surface area contributed by atoms with Gasteiger partial charge in [0.2, 0.25) is 10.0 Å². The normalized spacial score (nSPS) is 21.4. The van der Waals surface area contributed by atoms with Gasteiger partial charge in [-0.25, -0.2) is 8.42 Å². The van der Waals surface area contributed by atoms with Gasteiger partial charge in [-0.15, -0.1) is 6.42 Å². The minimum Gasteiger partial charge on any atom is -0.495 e. The fourth-order valence-electron chi connectivity index (χ4n) is 3.19. The maximum atomic E-state index is 13.1. The molecule has 1 amide bonds. The van der Waals surface area contributed by atoms with Gasteiger partial charge in [0.1, 0.15) is 10.6 Å². The van der Waals surface area contributed by atoms with Crippen molar-refractivity contribution in [3.63, 3.8) is 0 Å². The van der Waals surface area contributed by atoms with Crippen LogP contribution in [0.4, 0.5) is 0 Å². The lowest BCUT2D eigenvalue weighted by atomic mass is 9.94. The molecule has 0 radical (unpaired) electrons. The number of hydrogen-bond donors (Lipinski definition) is 1. The lowest BCUT2D eigenvalue weighted by molar-refractivity contribution is 0.0958. The number of carbonyl (C=O) groups is 1. The monoisotopic (exact) mass is 364 g/mol. The van der Waals surface area contributed by atoms with Crippen LogP contribution in [0.5, 0.6) is 5.75 Å². The Balaban J connectivity index is 2.41. The van der Waals surface area contributed by atoms with Crippen LogP contribution in [0.25, 0.3) is 0 Å². The molecule has 2 atom stereocenters. The molecule has 0 saturated carbocycles. The van der Waals surface area contributed by atoms with Crippen molar-refractivity contribution in [2.75, 3.05) is 26.7 Å². The number of ether oxygens (including phenoxy) is 1. The van der Waals surface area contributed by atoms with Crippen LogP contribution in [0.15, 0.2) is 23.1 Å². The van der Waals surface area contributed by atoms with Crippen molar-refractivity contribution in [1.29, 1.82) is 0 Å². The molecule has 136 valence electrons. The Morgan fingerprint density at radius 2 is 2.00 bits per heavy atom. The zero-order chi connectivity index (χ0) is 18.6. The predicted octanol–water partition coefficient (Wildman–Crippen LogP) is 1.72. The van der Waals surface area contributed by atoms with Gasteiger partial charge in [0.15, 0.2) is 0 Å². The van der Waals surface area contributed by atoms with Gasteiger partial charge in [0, 0.05) is 18.7 Å². The van der Waals surface area contributed by atoms with Crippen molar-refractivity contribution in [3.05, 3.63) is 23.8 Å². The second-order valence-corrected chi connectivity index (χ2v) is 8.43. The van der Waals surface area contributed by atoms with Crippen LogP contribution in [0.1, 0.15) is 30.6 Å². The number of carbonyl (C=O) groups excluding carboxylic acids is 1. The first-order valence-corrected chi connectivity index (χ1v) is 9.63. The van der Waals surface area contributed by atoms with Gasteiger partial charge in [-0.05, 0) is 36.5 Å². The Hall–Kier alpha value is -2.04. The van der Waals surface area contributed by atoms with Crippen LogP contribution in [0, 0.1) is 24.2 Å². The van der Waals surface area contributed by atoms with Gasteiger partial charge in [0.25, 0.3) is 5.91 Å². The van der Waals surface area contributed by atoms with Gasteiger partial charge in [0.05, 0.1) is 13.7 Å². The molecule has 0 aliphatic carbocycles. The van der Waals surface area contributed by atoms with Crippen LogP contribution in [0.3, 0.4) is 0 Å². The third-order valence-corrected chi connectivity index (χ3v) is 6.08. The van der Waals surface area contributed by atoms with E-state index in [4.69, 9.17) is 11.2 Å². The van der Waals surface area contributed by atoms with Gasteiger partial charge >= 0.3 is 0 Å². The molecule has 1 heterocycles. The number of methoxy groups -OCH3 is 1. The van der Waals surface area contributed by atoms with Crippen LogP contribution in [0.2, 0.25) is 0 Å². The van der Waals surface area contributed by atoms with Crippen molar-refractivity contribution in [1.82, 2.24) is 9.62 Å². The molecule has 0 aromatic heterocycles. The Kier molecular flexibility index (Phi) is 6.09.